The predicted octanol–water partition coefficient (Wildman–Crippen LogP) is 3.04. The molecule has 0 fully saturated rings. The van der Waals surface area contributed by atoms with E-state index in [1.165, 1.54) is 0 Å². The van der Waals surface area contributed by atoms with E-state index in [1.54, 1.807) is 13.2 Å². The van der Waals surface area contributed by atoms with Gasteiger partial charge in [-0.15, -0.1) is 0 Å². The van der Waals surface area contributed by atoms with E-state index in [4.69, 9.17) is 9.15 Å². The van der Waals surface area contributed by atoms with E-state index in [2.05, 4.69) is 26.6 Å². The van der Waals surface area contributed by atoms with Crippen molar-refractivity contribution in [1.29, 1.82) is 0 Å². The number of methoxy groups -OCH3 is 1. The minimum absolute atomic E-state index is 0.0262. The minimum Gasteiger partial charge on any atom is -0.452 e. The summed E-state index contributed by atoms with van der Waals surface area (Å²) in [5.74, 6) is 0.701. The van der Waals surface area contributed by atoms with Crippen LogP contribution in [0.15, 0.2) is 21.2 Å². The highest BCUT2D eigenvalue weighted by molar-refractivity contribution is 9.10. The van der Waals surface area contributed by atoms with Crippen molar-refractivity contribution in [1.82, 2.24) is 10.6 Å². The number of hydrogen-bond acceptors (Lipinski definition) is 3. The molecular formula is C13H21BrN2O3. The van der Waals surface area contributed by atoms with Crippen molar-refractivity contribution in [3.05, 3.63) is 22.6 Å². The lowest BCUT2D eigenvalue weighted by atomic mass is 10.00. The summed E-state index contributed by atoms with van der Waals surface area (Å²) in [6, 6.07) is 3.41. The van der Waals surface area contributed by atoms with Crippen molar-refractivity contribution in [2.24, 2.45) is 0 Å². The van der Waals surface area contributed by atoms with Gasteiger partial charge in [-0.2, -0.15) is 0 Å². The van der Waals surface area contributed by atoms with Gasteiger partial charge < -0.3 is 19.8 Å². The first-order valence-electron chi connectivity index (χ1n) is 6.16. The molecule has 1 rings (SSSR count). The fourth-order valence-corrected chi connectivity index (χ4v) is 2.10. The van der Waals surface area contributed by atoms with E-state index in [0.29, 0.717) is 17.0 Å². The quantitative estimate of drug-likeness (QED) is 0.841. The molecule has 1 atom stereocenters. The second-order valence-corrected chi connectivity index (χ2v) is 5.88. The van der Waals surface area contributed by atoms with E-state index in [1.807, 2.05) is 26.8 Å². The lowest BCUT2D eigenvalue weighted by Crippen LogP contribution is -2.43. The van der Waals surface area contributed by atoms with Crippen molar-refractivity contribution in [2.45, 2.75) is 45.4 Å². The maximum Gasteiger partial charge on any atom is 0.315 e. The predicted molar refractivity (Wildman–Crippen MR) is 76.9 cm³/mol. The largest absolute Gasteiger partial charge is 0.452 e. The molecule has 0 saturated heterocycles. The number of rotatable bonds is 6. The molecule has 0 radical (unpaired) electrons. The number of hydrogen-bond donors (Lipinski definition) is 2. The van der Waals surface area contributed by atoms with Crippen molar-refractivity contribution in [3.8, 4) is 0 Å². The minimum atomic E-state index is -0.251. The number of ether oxygens (including phenoxy) is 1. The zero-order valence-electron chi connectivity index (χ0n) is 11.7. The Bertz CT molecular complexity index is 418. The number of nitrogens with one attached hydrogen (secondary N) is 2. The van der Waals surface area contributed by atoms with Crippen LogP contribution in [0, 0.1) is 0 Å². The first-order valence-corrected chi connectivity index (χ1v) is 6.95. The highest BCUT2D eigenvalue weighted by Crippen LogP contribution is 2.15. The van der Waals surface area contributed by atoms with Crippen LogP contribution in [0.2, 0.25) is 0 Å². The molecule has 1 aromatic rings. The van der Waals surface area contributed by atoms with Crippen LogP contribution in [-0.4, -0.2) is 24.8 Å². The number of urea groups is 1. The Labute approximate surface area is 122 Å². The number of carbonyl (C=O) groups excluding carboxylic acids is 1. The van der Waals surface area contributed by atoms with Crippen LogP contribution in [0.4, 0.5) is 4.79 Å². The van der Waals surface area contributed by atoms with Crippen LogP contribution in [0.25, 0.3) is 0 Å². The molecule has 108 valence electrons. The van der Waals surface area contributed by atoms with Crippen LogP contribution >= 0.6 is 15.9 Å². The number of carbonyl (C=O) groups is 1. The highest BCUT2D eigenvalue weighted by atomic mass is 79.9. The van der Waals surface area contributed by atoms with Gasteiger partial charge in [0.1, 0.15) is 5.76 Å². The average molecular weight is 333 g/mol. The van der Waals surface area contributed by atoms with Gasteiger partial charge in [-0.1, -0.05) is 0 Å². The van der Waals surface area contributed by atoms with Crippen LogP contribution in [-0.2, 0) is 11.3 Å². The number of furan rings is 1. The molecule has 1 aromatic heterocycles. The van der Waals surface area contributed by atoms with Crippen molar-refractivity contribution >= 4 is 22.0 Å². The Morgan fingerprint density at radius 2 is 2.21 bits per heavy atom. The number of amides is 2. The summed E-state index contributed by atoms with van der Waals surface area (Å²) in [6.07, 6.45) is 0.739. The van der Waals surface area contributed by atoms with Crippen LogP contribution in [0.5, 0.6) is 0 Å². The molecule has 0 aliphatic carbocycles. The van der Waals surface area contributed by atoms with E-state index < -0.39 is 0 Å². The molecule has 0 aliphatic heterocycles. The highest BCUT2D eigenvalue weighted by Gasteiger charge is 2.21. The standard InChI is InChI=1S/C13H21BrN2O3/c1-9(7-13(2,3)18-4)16-12(17)15-8-10-5-6-11(14)19-10/h5-6,9H,7-8H2,1-4H3,(H2,15,16,17)/t9-/m1/s1. The third-order valence-electron chi connectivity index (χ3n) is 2.78. The summed E-state index contributed by atoms with van der Waals surface area (Å²) in [5.41, 5.74) is -0.251. The summed E-state index contributed by atoms with van der Waals surface area (Å²) >= 11 is 3.21. The molecule has 5 nitrogen and oxygen atoms in total. The van der Waals surface area contributed by atoms with Crippen molar-refractivity contribution < 1.29 is 13.9 Å². The zero-order valence-corrected chi connectivity index (χ0v) is 13.3. The first kappa shape index (κ1) is 16.0. The van der Waals surface area contributed by atoms with Gasteiger partial charge in [0.2, 0.25) is 0 Å². The van der Waals surface area contributed by atoms with Gasteiger partial charge in [-0.25, -0.2) is 4.79 Å². The maximum atomic E-state index is 11.7. The molecule has 0 saturated carbocycles. The lowest BCUT2D eigenvalue weighted by molar-refractivity contribution is 0.00950. The Kier molecular flexibility index (Phi) is 5.87. The molecule has 1 heterocycles. The monoisotopic (exact) mass is 332 g/mol. The smallest absolute Gasteiger partial charge is 0.315 e. The molecule has 0 aromatic carbocycles. The normalized spacial score (nSPS) is 13.1. The molecule has 2 amide bonds. The van der Waals surface area contributed by atoms with Gasteiger partial charge in [-0.05, 0) is 55.3 Å². The maximum absolute atomic E-state index is 11.7. The van der Waals surface area contributed by atoms with Gasteiger partial charge >= 0.3 is 6.03 Å². The van der Waals surface area contributed by atoms with E-state index in [-0.39, 0.29) is 17.7 Å². The Morgan fingerprint density at radius 1 is 1.53 bits per heavy atom. The van der Waals surface area contributed by atoms with Crippen molar-refractivity contribution in [3.63, 3.8) is 0 Å². The summed E-state index contributed by atoms with van der Waals surface area (Å²) in [5, 5.41) is 5.61. The Balaban J connectivity index is 2.31. The molecule has 0 bridgehead atoms. The second-order valence-electron chi connectivity index (χ2n) is 5.10. The lowest BCUT2D eigenvalue weighted by Gasteiger charge is -2.27. The summed E-state index contributed by atoms with van der Waals surface area (Å²) < 4.78 is 11.3. The summed E-state index contributed by atoms with van der Waals surface area (Å²) in [7, 11) is 1.67. The van der Waals surface area contributed by atoms with Crippen LogP contribution < -0.4 is 10.6 Å². The summed E-state index contributed by atoms with van der Waals surface area (Å²) in [6.45, 7) is 6.29. The average Bonchev–Trinajstić information content (AvgIpc) is 2.71. The Morgan fingerprint density at radius 3 is 2.74 bits per heavy atom. The van der Waals surface area contributed by atoms with Gasteiger partial charge in [0.05, 0.1) is 12.1 Å². The van der Waals surface area contributed by atoms with Gasteiger partial charge in [0.15, 0.2) is 4.67 Å². The first-order chi connectivity index (χ1) is 8.82. The van der Waals surface area contributed by atoms with Crippen molar-refractivity contribution in [2.75, 3.05) is 7.11 Å². The fourth-order valence-electron chi connectivity index (χ4n) is 1.76. The number of halogens is 1. The second kappa shape index (κ2) is 6.96. The van der Waals surface area contributed by atoms with E-state index in [9.17, 15) is 4.79 Å². The molecule has 0 spiro atoms. The Hall–Kier alpha value is -1.01. The molecule has 2 N–H and O–H groups in total. The molecule has 0 unspecified atom stereocenters. The van der Waals surface area contributed by atoms with Crippen LogP contribution in [0.1, 0.15) is 33.0 Å². The third-order valence-corrected chi connectivity index (χ3v) is 3.21. The van der Waals surface area contributed by atoms with Gasteiger partial charge in [-0.3, -0.25) is 0 Å². The SMILES string of the molecule is COC(C)(C)C[C@@H](C)NC(=O)NCc1ccc(Br)o1. The molecule has 0 aliphatic rings. The van der Waals surface area contributed by atoms with Gasteiger partial charge in [0.25, 0.3) is 0 Å². The molecule has 6 heteroatoms. The van der Waals surface area contributed by atoms with Crippen LogP contribution in [0.3, 0.4) is 0 Å². The van der Waals surface area contributed by atoms with E-state index >= 15 is 0 Å². The third kappa shape index (κ3) is 6.11. The molecular weight excluding hydrogens is 312 g/mol. The fraction of sp³-hybridized carbons (Fsp3) is 0.615. The zero-order chi connectivity index (χ0) is 14.5. The van der Waals surface area contributed by atoms with E-state index in [0.717, 1.165) is 6.42 Å². The summed E-state index contributed by atoms with van der Waals surface area (Å²) in [4.78, 5) is 11.7. The topological polar surface area (TPSA) is 63.5 Å². The van der Waals surface area contributed by atoms with Gasteiger partial charge in [0, 0.05) is 13.2 Å². The molecule has 19 heavy (non-hydrogen) atoms.